The third kappa shape index (κ3) is 4.92. The molecule has 54 heavy (non-hydrogen) atoms. The van der Waals surface area contributed by atoms with Gasteiger partial charge in [0.2, 0.25) is 0 Å². The van der Waals surface area contributed by atoms with Crippen LogP contribution in [0.25, 0.3) is 104 Å². The summed E-state index contributed by atoms with van der Waals surface area (Å²) in [7, 11) is 0. The van der Waals surface area contributed by atoms with E-state index in [0.717, 1.165) is 44.5 Å². The second kappa shape index (κ2) is 12.3. The van der Waals surface area contributed by atoms with E-state index >= 15 is 0 Å². The summed E-state index contributed by atoms with van der Waals surface area (Å²) in [6.07, 6.45) is 0. The normalized spacial score (nSPS) is 11.7. The summed E-state index contributed by atoms with van der Waals surface area (Å²) in [6.45, 7) is 0. The van der Waals surface area contributed by atoms with Crippen molar-refractivity contribution in [2.45, 2.75) is 0 Å². The summed E-state index contributed by atoms with van der Waals surface area (Å²) in [5.41, 5.74) is 9.27. The van der Waals surface area contributed by atoms with Crippen LogP contribution in [-0.4, -0.2) is 24.5 Å². The first-order chi connectivity index (χ1) is 26.8. The molecule has 0 atom stereocenters. The smallest absolute Gasteiger partial charge is 0.164 e. The van der Waals surface area contributed by atoms with E-state index in [1.54, 1.807) is 0 Å². The van der Waals surface area contributed by atoms with Crippen LogP contribution < -0.4 is 0 Å². The van der Waals surface area contributed by atoms with Crippen molar-refractivity contribution in [2.24, 2.45) is 0 Å². The Morgan fingerprint density at radius 2 is 0.815 bits per heavy atom. The van der Waals surface area contributed by atoms with E-state index in [-0.39, 0.29) is 0 Å². The minimum atomic E-state index is 0.619. The zero-order valence-corrected chi connectivity index (χ0v) is 29.7. The van der Waals surface area contributed by atoms with Crippen LogP contribution in [0.2, 0.25) is 0 Å². The average Bonchev–Trinajstić information content (AvgIpc) is 3.80. The fourth-order valence-corrected chi connectivity index (χ4v) is 8.87. The van der Waals surface area contributed by atoms with Gasteiger partial charge in [-0.2, -0.15) is 0 Å². The molecule has 0 N–H and O–H groups in total. The fourth-order valence-electron chi connectivity index (χ4n) is 7.69. The van der Waals surface area contributed by atoms with Crippen molar-refractivity contribution in [3.05, 3.63) is 176 Å². The van der Waals surface area contributed by atoms with Crippen LogP contribution in [0.4, 0.5) is 0 Å². The van der Waals surface area contributed by atoms with Crippen molar-refractivity contribution in [1.29, 1.82) is 0 Å². The van der Waals surface area contributed by atoms with Crippen molar-refractivity contribution in [1.82, 2.24) is 24.5 Å². The van der Waals surface area contributed by atoms with Gasteiger partial charge in [-0.3, -0.25) is 0 Å². The molecule has 0 fully saturated rings. The van der Waals surface area contributed by atoms with Crippen LogP contribution in [0, 0.1) is 0 Å². The Kier molecular flexibility index (Phi) is 6.97. The van der Waals surface area contributed by atoms with E-state index in [4.69, 9.17) is 19.9 Å². The lowest BCUT2D eigenvalue weighted by Gasteiger charge is -2.11. The molecule has 0 radical (unpaired) electrons. The van der Waals surface area contributed by atoms with Crippen LogP contribution >= 0.6 is 11.3 Å². The van der Waals surface area contributed by atoms with E-state index in [1.807, 2.05) is 41.7 Å². The Balaban J connectivity index is 1.01. The predicted molar refractivity (Wildman–Crippen MR) is 224 cm³/mol. The number of nitrogens with zero attached hydrogens (tertiary/aromatic N) is 5. The Morgan fingerprint density at radius 1 is 0.352 bits per heavy atom. The third-order valence-electron chi connectivity index (χ3n) is 10.3. The second-order valence-corrected chi connectivity index (χ2v) is 14.5. The Morgan fingerprint density at radius 3 is 1.44 bits per heavy atom. The third-order valence-corrected chi connectivity index (χ3v) is 11.5. The lowest BCUT2D eigenvalue weighted by atomic mass is 10.0. The molecule has 0 bridgehead atoms. The highest BCUT2D eigenvalue weighted by Gasteiger charge is 2.17. The lowest BCUT2D eigenvalue weighted by Crippen LogP contribution is -2.00. The van der Waals surface area contributed by atoms with Gasteiger partial charge in [0.25, 0.3) is 0 Å². The van der Waals surface area contributed by atoms with Gasteiger partial charge in [-0.25, -0.2) is 19.9 Å². The number of hydrogen-bond acceptors (Lipinski definition) is 5. The summed E-state index contributed by atoms with van der Waals surface area (Å²) < 4.78 is 4.79. The van der Waals surface area contributed by atoms with Gasteiger partial charge >= 0.3 is 0 Å². The van der Waals surface area contributed by atoms with Gasteiger partial charge in [-0.1, -0.05) is 133 Å². The summed E-state index contributed by atoms with van der Waals surface area (Å²) in [5, 5.41) is 6.03. The number of para-hydroxylation sites is 2. The number of benzene rings is 7. The quantitative estimate of drug-likeness (QED) is 0.179. The summed E-state index contributed by atoms with van der Waals surface area (Å²) in [5.74, 6) is 1.88. The zero-order valence-electron chi connectivity index (χ0n) is 28.9. The molecule has 0 aliphatic heterocycles. The molecular formula is C48H29N5S. The molecule has 0 aliphatic rings. The molecule has 6 heteroatoms. The Hall–Kier alpha value is -7.02. The van der Waals surface area contributed by atoms with E-state index in [2.05, 4.69) is 150 Å². The molecule has 0 aliphatic carbocycles. The molecule has 4 aromatic heterocycles. The first-order valence-electron chi connectivity index (χ1n) is 18.0. The van der Waals surface area contributed by atoms with Gasteiger partial charge in [-0.15, -0.1) is 11.3 Å². The summed E-state index contributed by atoms with van der Waals surface area (Å²) in [6, 6.07) is 61.3. The van der Waals surface area contributed by atoms with Crippen LogP contribution in [0.3, 0.4) is 0 Å². The fraction of sp³-hybridized carbons (Fsp3) is 0. The Labute approximate surface area is 314 Å². The first-order valence-corrected chi connectivity index (χ1v) is 18.8. The van der Waals surface area contributed by atoms with Crippen molar-refractivity contribution >= 4 is 64.2 Å². The topological polar surface area (TPSA) is 56.5 Å². The van der Waals surface area contributed by atoms with Gasteiger partial charge in [0.05, 0.1) is 26.9 Å². The van der Waals surface area contributed by atoms with E-state index < -0.39 is 0 Å². The Bertz CT molecular complexity index is 3150. The number of thiophene rings is 1. The van der Waals surface area contributed by atoms with Gasteiger partial charge in [-0.05, 0) is 42.5 Å². The van der Waals surface area contributed by atoms with Gasteiger partial charge < -0.3 is 4.57 Å². The lowest BCUT2D eigenvalue weighted by molar-refractivity contribution is 1.07. The van der Waals surface area contributed by atoms with E-state index in [0.29, 0.717) is 17.5 Å². The van der Waals surface area contributed by atoms with Gasteiger partial charge in [0, 0.05) is 59.6 Å². The first kappa shape index (κ1) is 30.6. The van der Waals surface area contributed by atoms with Crippen molar-refractivity contribution in [3.63, 3.8) is 0 Å². The molecule has 0 amide bonds. The summed E-state index contributed by atoms with van der Waals surface area (Å²) in [4.78, 5) is 20.4. The molecule has 4 heterocycles. The molecule has 0 spiro atoms. The zero-order chi connectivity index (χ0) is 35.6. The van der Waals surface area contributed by atoms with Crippen molar-refractivity contribution in [3.8, 4) is 51.1 Å². The predicted octanol–water partition coefficient (Wildman–Crippen LogP) is 12.6. The molecular weight excluding hydrogens is 679 g/mol. The van der Waals surface area contributed by atoms with Crippen LogP contribution in [0.15, 0.2) is 176 Å². The molecule has 11 aromatic rings. The highest BCUT2D eigenvalue weighted by Crippen LogP contribution is 2.41. The average molecular weight is 708 g/mol. The number of fused-ring (bicyclic) bond motifs is 8. The highest BCUT2D eigenvalue weighted by atomic mass is 32.1. The number of aromatic nitrogens is 5. The monoisotopic (exact) mass is 707 g/mol. The standard InChI is InChI=1S/C48H29N5S/c1-2-12-31(13-3-1)46-50-47(52-48(51-46)33-26-28-34(29-27-33)53-40-19-9-6-14-35(40)36-15-7-10-20-41(36)53)32-24-22-30(23-25-32)43-37-16-4-5-17-38(37)45-44(49-43)39-18-8-11-21-42(39)54-45/h1-29H. The minimum absolute atomic E-state index is 0.619. The highest BCUT2D eigenvalue weighted by molar-refractivity contribution is 7.26. The largest absolute Gasteiger partial charge is 0.309 e. The molecule has 11 rings (SSSR count). The van der Waals surface area contributed by atoms with Crippen molar-refractivity contribution < 1.29 is 0 Å². The number of hydrogen-bond donors (Lipinski definition) is 0. The number of rotatable bonds is 5. The maximum Gasteiger partial charge on any atom is 0.164 e. The summed E-state index contributed by atoms with van der Waals surface area (Å²) >= 11 is 1.81. The maximum atomic E-state index is 5.30. The second-order valence-electron chi connectivity index (χ2n) is 13.4. The van der Waals surface area contributed by atoms with E-state index in [9.17, 15) is 0 Å². The van der Waals surface area contributed by atoms with Crippen LogP contribution in [0.1, 0.15) is 0 Å². The minimum Gasteiger partial charge on any atom is -0.309 e. The van der Waals surface area contributed by atoms with Crippen LogP contribution in [-0.2, 0) is 0 Å². The maximum absolute atomic E-state index is 5.30. The molecule has 5 nitrogen and oxygen atoms in total. The molecule has 7 aromatic carbocycles. The molecule has 252 valence electrons. The van der Waals surface area contributed by atoms with Gasteiger partial charge in [0.1, 0.15) is 0 Å². The van der Waals surface area contributed by atoms with Gasteiger partial charge in [0.15, 0.2) is 17.5 Å². The molecule has 0 unspecified atom stereocenters. The van der Waals surface area contributed by atoms with E-state index in [1.165, 1.54) is 42.0 Å². The molecule has 0 saturated heterocycles. The number of pyridine rings is 1. The SMILES string of the molecule is c1ccc(-c2nc(-c3ccc(-c4nc5c6ccccc6sc5c5ccccc45)cc3)nc(-c3ccc(-n4c5ccccc5c5ccccc54)cc3)n2)cc1. The van der Waals surface area contributed by atoms with Crippen molar-refractivity contribution in [2.75, 3.05) is 0 Å². The molecule has 0 saturated carbocycles. The van der Waals surface area contributed by atoms with Crippen LogP contribution in [0.5, 0.6) is 0 Å².